The van der Waals surface area contributed by atoms with Crippen molar-refractivity contribution in [3.05, 3.63) is 0 Å². The molecular weight excluding hydrogens is 244 g/mol. The molecule has 1 atom stereocenters. The van der Waals surface area contributed by atoms with E-state index >= 15 is 0 Å². The average molecular weight is 270 g/mol. The molecule has 2 fully saturated rings. The lowest BCUT2D eigenvalue weighted by Crippen LogP contribution is -2.54. The summed E-state index contributed by atoms with van der Waals surface area (Å²) in [5.74, 6) is 0.0853. The molecule has 2 rings (SSSR count). The second-order valence-electron chi connectivity index (χ2n) is 5.93. The zero-order valence-corrected chi connectivity index (χ0v) is 11.8. The van der Waals surface area contributed by atoms with Crippen LogP contribution >= 0.6 is 0 Å². The Bertz CT molecular complexity index is 308. The number of hydrogen-bond donors (Lipinski definition) is 3. The molecule has 2 heterocycles. The highest BCUT2D eigenvalue weighted by molar-refractivity contribution is 5.83. The lowest BCUT2D eigenvalue weighted by molar-refractivity contribution is -0.135. The van der Waals surface area contributed by atoms with Gasteiger partial charge in [0.05, 0.1) is 11.0 Å². The van der Waals surface area contributed by atoms with Crippen molar-refractivity contribution in [2.45, 2.75) is 44.6 Å². The fraction of sp³-hybridized carbons (Fsp3) is 0.929. The molecule has 0 saturated carbocycles. The number of aliphatic hydroxyl groups is 1. The number of piperidine rings is 1. The van der Waals surface area contributed by atoms with Crippen LogP contribution in [0.4, 0.5) is 0 Å². The fourth-order valence-corrected chi connectivity index (χ4v) is 2.98. The van der Waals surface area contributed by atoms with Crippen molar-refractivity contribution in [1.29, 1.82) is 0 Å². The topological polar surface area (TPSA) is 70.6 Å². The third-order valence-corrected chi connectivity index (χ3v) is 4.63. The zero-order chi connectivity index (χ0) is 13.8. The molecule has 2 aliphatic heterocycles. The summed E-state index contributed by atoms with van der Waals surface area (Å²) >= 11 is 0. The minimum atomic E-state index is -0.787. The normalized spacial score (nSPS) is 30.8. The van der Waals surface area contributed by atoms with Crippen molar-refractivity contribution in [3.63, 3.8) is 0 Å². The summed E-state index contributed by atoms with van der Waals surface area (Å²) in [6, 6.07) is 0. The fourth-order valence-electron chi connectivity index (χ4n) is 2.98. The van der Waals surface area contributed by atoms with E-state index in [2.05, 4.69) is 17.6 Å². The second kappa shape index (κ2) is 6.20. The maximum absolute atomic E-state index is 12.4. The van der Waals surface area contributed by atoms with Crippen molar-refractivity contribution in [2.24, 2.45) is 5.41 Å². The molecule has 110 valence electrons. The Kier molecular flexibility index (Phi) is 4.81. The van der Waals surface area contributed by atoms with Gasteiger partial charge in [-0.05, 0) is 25.8 Å². The molecule has 5 nitrogen and oxygen atoms in total. The van der Waals surface area contributed by atoms with Gasteiger partial charge >= 0.3 is 0 Å². The van der Waals surface area contributed by atoms with Crippen LogP contribution in [-0.2, 0) is 9.53 Å². The van der Waals surface area contributed by atoms with Gasteiger partial charge in [0.25, 0.3) is 0 Å². The number of rotatable bonds is 4. The summed E-state index contributed by atoms with van der Waals surface area (Å²) in [6.07, 6.45) is 4.02. The first kappa shape index (κ1) is 14.8. The maximum atomic E-state index is 12.4. The van der Waals surface area contributed by atoms with Gasteiger partial charge < -0.3 is 20.5 Å². The predicted octanol–water partition coefficient (Wildman–Crippen LogP) is 0.424. The standard InChI is InChI=1S/C14H26N2O3/c1-2-13(4-3-7-15-10-13)12(17)16-11-14(18)5-8-19-9-6-14/h15,18H,2-11H2,1H3,(H,16,17). The molecule has 0 bridgehead atoms. The Balaban J connectivity index is 1.88. The van der Waals surface area contributed by atoms with Crippen LogP contribution in [0.2, 0.25) is 0 Å². The first-order valence-corrected chi connectivity index (χ1v) is 7.39. The van der Waals surface area contributed by atoms with Gasteiger partial charge in [-0.25, -0.2) is 0 Å². The number of carbonyl (C=O) groups is 1. The van der Waals surface area contributed by atoms with Crippen molar-refractivity contribution in [3.8, 4) is 0 Å². The highest BCUT2D eigenvalue weighted by Crippen LogP contribution is 2.30. The van der Waals surface area contributed by atoms with Crippen LogP contribution in [0.3, 0.4) is 0 Å². The van der Waals surface area contributed by atoms with E-state index in [1.807, 2.05) is 0 Å². The lowest BCUT2D eigenvalue weighted by Gasteiger charge is -2.37. The van der Waals surface area contributed by atoms with Gasteiger partial charge in [0.15, 0.2) is 0 Å². The molecule has 0 radical (unpaired) electrons. The number of amides is 1. The molecule has 0 aromatic carbocycles. The molecule has 1 amide bonds. The Labute approximate surface area is 115 Å². The summed E-state index contributed by atoms with van der Waals surface area (Å²) in [5, 5.41) is 16.6. The van der Waals surface area contributed by atoms with Crippen molar-refractivity contribution >= 4 is 5.91 Å². The molecule has 2 saturated heterocycles. The third-order valence-electron chi connectivity index (χ3n) is 4.63. The van der Waals surface area contributed by atoms with Crippen LogP contribution in [-0.4, -0.2) is 49.5 Å². The largest absolute Gasteiger partial charge is 0.388 e. The van der Waals surface area contributed by atoms with Crippen LogP contribution in [0.15, 0.2) is 0 Å². The highest BCUT2D eigenvalue weighted by Gasteiger charge is 2.39. The quantitative estimate of drug-likeness (QED) is 0.692. The number of ether oxygens (including phenoxy) is 1. The zero-order valence-electron chi connectivity index (χ0n) is 11.8. The molecule has 3 N–H and O–H groups in total. The predicted molar refractivity (Wildman–Crippen MR) is 72.8 cm³/mol. The van der Waals surface area contributed by atoms with Crippen molar-refractivity contribution in [2.75, 3.05) is 32.8 Å². The Morgan fingerprint density at radius 3 is 2.68 bits per heavy atom. The van der Waals surface area contributed by atoms with Gasteiger partial charge in [0.2, 0.25) is 5.91 Å². The summed E-state index contributed by atoms with van der Waals surface area (Å²) < 4.78 is 5.25. The molecule has 2 aliphatic rings. The molecule has 0 aromatic heterocycles. The Morgan fingerprint density at radius 2 is 2.11 bits per heavy atom. The maximum Gasteiger partial charge on any atom is 0.227 e. The van der Waals surface area contributed by atoms with Gasteiger partial charge in [0, 0.05) is 39.1 Å². The van der Waals surface area contributed by atoms with Gasteiger partial charge in [-0.2, -0.15) is 0 Å². The summed E-state index contributed by atoms with van der Waals surface area (Å²) in [4.78, 5) is 12.4. The third kappa shape index (κ3) is 3.46. The summed E-state index contributed by atoms with van der Waals surface area (Å²) in [5.41, 5.74) is -1.08. The first-order chi connectivity index (χ1) is 9.10. The molecular formula is C14H26N2O3. The van der Waals surface area contributed by atoms with E-state index < -0.39 is 5.60 Å². The van der Waals surface area contributed by atoms with Crippen LogP contribution in [0.1, 0.15) is 39.0 Å². The minimum Gasteiger partial charge on any atom is -0.388 e. The van der Waals surface area contributed by atoms with E-state index in [9.17, 15) is 9.90 Å². The molecule has 1 unspecified atom stereocenters. The van der Waals surface area contributed by atoms with Gasteiger partial charge in [0.1, 0.15) is 0 Å². The van der Waals surface area contributed by atoms with E-state index in [1.165, 1.54) is 0 Å². The van der Waals surface area contributed by atoms with Crippen LogP contribution in [0, 0.1) is 5.41 Å². The van der Waals surface area contributed by atoms with Crippen LogP contribution in [0.25, 0.3) is 0 Å². The van der Waals surface area contributed by atoms with E-state index in [0.29, 0.717) is 32.6 Å². The Hall–Kier alpha value is -0.650. The van der Waals surface area contributed by atoms with Gasteiger partial charge in [-0.15, -0.1) is 0 Å². The van der Waals surface area contributed by atoms with Crippen LogP contribution in [0.5, 0.6) is 0 Å². The molecule has 0 aliphatic carbocycles. The Morgan fingerprint density at radius 1 is 1.37 bits per heavy atom. The molecule has 0 aromatic rings. The summed E-state index contributed by atoms with van der Waals surface area (Å²) in [7, 11) is 0. The number of nitrogens with one attached hydrogen (secondary N) is 2. The molecule has 19 heavy (non-hydrogen) atoms. The SMILES string of the molecule is CCC1(C(=O)NCC2(O)CCOCC2)CCCNC1. The molecule has 0 spiro atoms. The van der Waals surface area contributed by atoms with Crippen LogP contribution < -0.4 is 10.6 Å². The highest BCUT2D eigenvalue weighted by atomic mass is 16.5. The lowest BCUT2D eigenvalue weighted by atomic mass is 9.77. The number of carbonyl (C=O) groups excluding carboxylic acids is 1. The monoisotopic (exact) mass is 270 g/mol. The van der Waals surface area contributed by atoms with Gasteiger partial charge in [-0.1, -0.05) is 6.92 Å². The van der Waals surface area contributed by atoms with E-state index in [0.717, 1.165) is 32.4 Å². The van der Waals surface area contributed by atoms with E-state index in [4.69, 9.17) is 4.74 Å². The second-order valence-corrected chi connectivity index (χ2v) is 5.93. The van der Waals surface area contributed by atoms with E-state index in [1.54, 1.807) is 0 Å². The smallest absolute Gasteiger partial charge is 0.227 e. The van der Waals surface area contributed by atoms with Crippen molar-refractivity contribution < 1.29 is 14.6 Å². The number of hydrogen-bond acceptors (Lipinski definition) is 4. The van der Waals surface area contributed by atoms with Gasteiger partial charge in [-0.3, -0.25) is 4.79 Å². The van der Waals surface area contributed by atoms with Crippen molar-refractivity contribution in [1.82, 2.24) is 10.6 Å². The summed E-state index contributed by atoms with van der Waals surface area (Å²) in [6.45, 7) is 5.31. The average Bonchev–Trinajstić information content (AvgIpc) is 2.46. The first-order valence-electron chi connectivity index (χ1n) is 7.39. The molecule has 5 heteroatoms. The minimum absolute atomic E-state index is 0.0853. The van der Waals surface area contributed by atoms with E-state index in [-0.39, 0.29) is 11.3 Å².